The summed E-state index contributed by atoms with van der Waals surface area (Å²) in [5, 5.41) is 19.2. The molecule has 2 aromatic carbocycles. The molecule has 0 fully saturated rings. The molecule has 0 saturated heterocycles. The molecule has 1 aliphatic rings. The number of rotatable bonds is 2. The fourth-order valence-corrected chi connectivity index (χ4v) is 3.19. The van der Waals surface area contributed by atoms with Crippen LogP contribution in [0.4, 0.5) is 0 Å². The maximum absolute atomic E-state index is 9.71. The summed E-state index contributed by atoms with van der Waals surface area (Å²) in [4.78, 5) is 0. The summed E-state index contributed by atoms with van der Waals surface area (Å²) in [7, 11) is 0. The van der Waals surface area contributed by atoms with Crippen LogP contribution in [-0.2, 0) is 0 Å². The zero-order chi connectivity index (χ0) is 14.3. The first-order valence-corrected chi connectivity index (χ1v) is 6.97. The van der Waals surface area contributed by atoms with E-state index in [1.165, 1.54) is 22.3 Å². The smallest absolute Gasteiger partial charge is 0.115 e. The predicted molar refractivity (Wildman–Crippen MR) is 81.7 cm³/mol. The topological polar surface area (TPSA) is 40.5 Å². The van der Waals surface area contributed by atoms with Gasteiger partial charge in [0.15, 0.2) is 0 Å². The average Bonchev–Trinajstić information content (AvgIpc) is 2.72. The molecule has 2 N–H and O–H groups in total. The van der Waals surface area contributed by atoms with Gasteiger partial charge in [0.25, 0.3) is 0 Å². The Morgan fingerprint density at radius 3 is 2.25 bits per heavy atom. The molecule has 0 heterocycles. The van der Waals surface area contributed by atoms with Gasteiger partial charge in [-0.05, 0) is 58.5 Å². The lowest BCUT2D eigenvalue weighted by atomic mass is 9.92. The molecule has 0 spiro atoms. The Labute approximate surface area is 119 Å². The number of benzene rings is 2. The molecule has 0 aromatic heterocycles. The van der Waals surface area contributed by atoms with Gasteiger partial charge in [-0.15, -0.1) is 0 Å². The number of allylic oxidation sites excluding steroid dienone is 2. The van der Waals surface area contributed by atoms with E-state index in [0.29, 0.717) is 5.75 Å². The minimum atomic E-state index is 0.261. The summed E-state index contributed by atoms with van der Waals surface area (Å²) < 4.78 is 0. The minimum absolute atomic E-state index is 0.261. The maximum atomic E-state index is 9.71. The lowest BCUT2D eigenvalue weighted by Crippen LogP contribution is -1.93. The molecule has 20 heavy (non-hydrogen) atoms. The molecule has 0 amide bonds. The third-order valence-corrected chi connectivity index (χ3v) is 4.12. The Morgan fingerprint density at radius 1 is 0.950 bits per heavy atom. The molecule has 1 atom stereocenters. The third kappa shape index (κ3) is 1.88. The van der Waals surface area contributed by atoms with E-state index in [2.05, 4.69) is 13.8 Å². The second-order valence-electron chi connectivity index (χ2n) is 5.29. The quantitative estimate of drug-likeness (QED) is 0.838. The number of hydrogen-bond donors (Lipinski definition) is 2. The number of hydrogen-bond acceptors (Lipinski definition) is 2. The van der Waals surface area contributed by atoms with E-state index in [4.69, 9.17) is 0 Å². The standard InChI is InChI=1S/C18H18O2/c1-3-15-16-9-8-14(20)10-17(16)11(2)18(15)12-4-6-13(19)7-5-12/h4-11,19-20H,3H2,1-2H3/t11-/m0/s1. The Balaban J connectivity index is 2.17. The molecule has 0 saturated carbocycles. The van der Waals surface area contributed by atoms with Crippen LogP contribution in [0.2, 0.25) is 0 Å². The Hall–Kier alpha value is -2.22. The van der Waals surface area contributed by atoms with Crippen molar-refractivity contribution in [3.8, 4) is 11.5 Å². The van der Waals surface area contributed by atoms with Gasteiger partial charge in [0.05, 0.1) is 0 Å². The van der Waals surface area contributed by atoms with Gasteiger partial charge in [-0.3, -0.25) is 0 Å². The van der Waals surface area contributed by atoms with Crippen LogP contribution in [0.1, 0.15) is 42.9 Å². The van der Waals surface area contributed by atoms with Crippen molar-refractivity contribution in [2.75, 3.05) is 0 Å². The Bertz CT molecular complexity index is 681. The summed E-state index contributed by atoms with van der Waals surface area (Å²) in [6, 6.07) is 13.0. The van der Waals surface area contributed by atoms with Crippen LogP contribution in [0.5, 0.6) is 11.5 Å². The highest BCUT2D eigenvalue weighted by atomic mass is 16.3. The molecule has 0 unspecified atom stereocenters. The highest BCUT2D eigenvalue weighted by molar-refractivity contribution is 5.99. The predicted octanol–water partition coefficient (Wildman–Crippen LogP) is 4.54. The maximum Gasteiger partial charge on any atom is 0.115 e. The highest BCUT2D eigenvalue weighted by Crippen LogP contribution is 2.48. The zero-order valence-corrected chi connectivity index (χ0v) is 11.7. The molecule has 2 aromatic rings. The van der Waals surface area contributed by atoms with Gasteiger partial charge in [0.1, 0.15) is 11.5 Å². The normalized spacial score (nSPS) is 17.4. The van der Waals surface area contributed by atoms with Crippen LogP contribution < -0.4 is 0 Å². The van der Waals surface area contributed by atoms with Gasteiger partial charge < -0.3 is 10.2 Å². The van der Waals surface area contributed by atoms with E-state index in [1.807, 2.05) is 24.3 Å². The van der Waals surface area contributed by atoms with Gasteiger partial charge >= 0.3 is 0 Å². The van der Waals surface area contributed by atoms with Crippen molar-refractivity contribution in [1.82, 2.24) is 0 Å². The second-order valence-corrected chi connectivity index (χ2v) is 5.29. The van der Waals surface area contributed by atoms with Gasteiger partial charge in [0, 0.05) is 5.92 Å². The highest BCUT2D eigenvalue weighted by Gasteiger charge is 2.28. The summed E-state index contributed by atoms with van der Waals surface area (Å²) in [5.74, 6) is 0.864. The van der Waals surface area contributed by atoms with E-state index in [-0.39, 0.29) is 11.7 Å². The van der Waals surface area contributed by atoms with Gasteiger partial charge in [0.2, 0.25) is 0 Å². The van der Waals surface area contributed by atoms with Crippen molar-refractivity contribution in [1.29, 1.82) is 0 Å². The lowest BCUT2D eigenvalue weighted by Gasteiger charge is -2.12. The van der Waals surface area contributed by atoms with Crippen LogP contribution in [-0.4, -0.2) is 10.2 Å². The van der Waals surface area contributed by atoms with E-state index in [0.717, 1.165) is 12.0 Å². The van der Waals surface area contributed by atoms with Gasteiger partial charge in [-0.1, -0.05) is 32.0 Å². The first kappa shape index (κ1) is 12.8. The fourth-order valence-electron chi connectivity index (χ4n) is 3.19. The molecule has 2 nitrogen and oxygen atoms in total. The van der Waals surface area contributed by atoms with Crippen LogP contribution in [0.3, 0.4) is 0 Å². The molecular formula is C18H18O2. The van der Waals surface area contributed by atoms with Crippen molar-refractivity contribution in [3.63, 3.8) is 0 Å². The zero-order valence-electron chi connectivity index (χ0n) is 11.7. The van der Waals surface area contributed by atoms with Gasteiger partial charge in [-0.25, -0.2) is 0 Å². The molecule has 0 bridgehead atoms. The second kappa shape index (κ2) is 4.71. The molecule has 2 heteroatoms. The van der Waals surface area contributed by atoms with E-state index in [9.17, 15) is 10.2 Å². The van der Waals surface area contributed by atoms with Crippen LogP contribution in [0.15, 0.2) is 42.5 Å². The first-order chi connectivity index (χ1) is 9.61. The number of phenols is 2. The Morgan fingerprint density at radius 2 is 1.60 bits per heavy atom. The van der Waals surface area contributed by atoms with Crippen LogP contribution >= 0.6 is 0 Å². The SMILES string of the molecule is CCC1=C(c2ccc(O)cc2)[C@@H](C)c2cc(O)ccc21. The molecular weight excluding hydrogens is 248 g/mol. The van der Waals surface area contributed by atoms with Gasteiger partial charge in [-0.2, -0.15) is 0 Å². The van der Waals surface area contributed by atoms with Crippen molar-refractivity contribution >= 4 is 11.1 Å². The van der Waals surface area contributed by atoms with Crippen molar-refractivity contribution in [2.24, 2.45) is 0 Å². The van der Waals surface area contributed by atoms with E-state index >= 15 is 0 Å². The van der Waals surface area contributed by atoms with Crippen molar-refractivity contribution in [2.45, 2.75) is 26.2 Å². The number of phenolic OH excluding ortho intramolecular Hbond substituents is 2. The van der Waals surface area contributed by atoms with Crippen molar-refractivity contribution in [3.05, 3.63) is 59.2 Å². The monoisotopic (exact) mass is 266 g/mol. The number of aromatic hydroxyl groups is 2. The fraction of sp³-hybridized carbons (Fsp3) is 0.222. The third-order valence-electron chi connectivity index (χ3n) is 4.12. The molecule has 1 aliphatic carbocycles. The van der Waals surface area contributed by atoms with E-state index < -0.39 is 0 Å². The van der Waals surface area contributed by atoms with Crippen LogP contribution in [0, 0.1) is 0 Å². The molecule has 0 aliphatic heterocycles. The Kier molecular flexibility index (Phi) is 3.01. The average molecular weight is 266 g/mol. The first-order valence-electron chi connectivity index (χ1n) is 6.97. The summed E-state index contributed by atoms with van der Waals surface area (Å²) in [5.41, 5.74) is 6.19. The summed E-state index contributed by atoms with van der Waals surface area (Å²) in [6.07, 6.45) is 0.957. The van der Waals surface area contributed by atoms with E-state index in [1.54, 1.807) is 18.2 Å². The van der Waals surface area contributed by atoms with Crippen LogP contribution in [0.25, 0.3) is 11.1 Å². The summed E-state index contributed by atoms with van der Waals surface area (Å²) in [6.45, 7) is 4.33. The summed E-state index contributed by atoms with van der Waals surface area (Å²) >= 11 is 0. The molecule has 0 radical (unpaired) electrons. The lowest BCUT2D eigenvalue weighted by molar-refractivity contribution is 0.474. The van der Waals surface area contributed by atoms with Crippen molar-refractivity contribution < 1.29 is 10.2 Å². The largest absolute Gasteiger partial charge is 0.508 e. The molecule has 3 rings (SSSR count). The molecule has 102 valence electrons. The minimum Gasteiger partial charge on any atom is -0.508 e. The number of fused-ring (bicyclic) bond motifs is 1.